The molecule has 0 heterocycles. The molecule has 19 heavy (non-hydrogen) atoms. The zero-order valence-electron chi connectivity index (χ0n) is 11.9. The van der Waals surface area contributed by atoms with Gasteiger partial charge in [0, 0.05) is 25.9 Å². The molecule has 1 aromatic rings. The standard InChI is InChI=1S/C15H22ClNO2/c1-12-5-6-14(13(2)11-12)19-10-4-9-17(3)15(18)7-8-16/h5-6,11H,4,7-10H2,1-3H3. The quantitative estimate of drug-likeness (QED) is 0.568. The molecule has 0 aliphatic rings. The zero-order valence-corrected chi connectivity index (χ0v) is 12.7. The second-order valence-electron chi connectivity index (χ2n) is 4.73. The SMILES string of the molecule is Cc1ccc(OCCCN(C)C(=O)CCCl)c(C)c1. The number of aryl methyl sites for hydroxylation is 2. The smallest absolute Gasteiger partial charge is 0.223 e. The molecule has 4 heteroatoms. The van der Waals surface area contributed by atoms with Gasteiger partial charge in [0.2, 0.25) is 5.91 Å². The lowest BCUT2D eigenvalue weighted by molar-refractivity contribution is -0.129. The predicted molar refractivity (Wildman–Crippen MR) is 79.0 cm³/mol. The van der Waals surface area contributed by atoms with E-state index in [9.17, 15) is 4.79 Å². The van der Waals surface area contributed by atoms with Crippen LogP contribution in [0.3, 0.4) is 0 Å². The average molecular weight is 284 g/mol. The van der Waals surface area contributed by atoms with E-state index in [1.807, 2.05) is 19.1 Å². The minimum Gasteiger partial charge on any atom is -0.493 e. The predicted octanol–water partition coefficient (Wildman–Crippen LogP) is 3.16. The highest BCUT2D eigenvalue weighted by Crippen LogP contribution is 2.18. The molecule has 1 rings (SSSR count). The lowest BCUT2D eigenvalue weighted by atomic mass is 10.1. The third kappa shape index (κ3) is 5.52. The Morgan fingerprint density at radius 3 is 2.74 bits per heavy atom. The molecular formula is C15H22ClNO2. The van der Waals surface area contributed by atoms with Gasteiger partial charge in [-0.1, -0.05) is 17.7 Å². The highest BCUT2D eigenvalue weighted by molar-refractivity contribution is 6.18. The van der Waals surface area contributed by atoms with Crippen molar-refractivity contribution in [1.29, 1.82) is 0 Å². The number of amides is 1. The maximum Gasteiger partial charge on any atom is 0.223 e. The van der Waals surface area contributed by atoms with Crippen molar-refractivity contribution in [2.75, 3.05) is 26.1 Å². The van der Waals surface area contributed by atoms with E-state index >= 15 is 0 Å². The fraction of sp³-hybridized carbons (Fsp3) is 0.533. The number of hydrogen-bond donors (Lipinski definition) is 0. The molecule has 0 unspecified atom stereocenters. The van der Waals surface area contributed by atoms with Gasteiger partial charge in [0.25, 0.3) is 0 Å². The summed E-state index contributed by atoms with van der Waals surface area (Å²) in [6, 6.07) is 6.14. The fourth-order valence-electron chi connectivity index (χ4n) is 1.84. The van der Waals surface area contributed by atoms with Crippen molar-refractivity contribution in [2.45, 2.75) is 26.7 Å². The molecule has 0 fully saturated rings. The molecule has 1 aromatic carbocycles. The van der Waals surface area contributed by atoms with Crippen LogP contribution in [0.2, 0.25) is 0 Å². The maximum absolute atomic E-state index is 11.5. The second kappa shape index (κ2) is 8.05. The topological polar surface area (TPSA) is 29.5 Å². The minimum absolute atomic E-state index is 0.0847. The van der Waals surface area contributed by atoms with Gasteiger partial charge >= 0.3 is 0 Å². The number of halogens is 1. The summed E-state index contributed by atoms with van der Waals surface area (Å²) in [7, 11) is 1.80. The number of rotatable bonds is 7. The van der Waals surface area contributed by atoms with Crippen molar-refractivity contribution in [2.24, 2.45) is 0 Å². The summed E-state index contributed by atoms with van der Waals surface area (Å²) in [6.07, 6.45) is 1.22. The van der Waals surface area contributed by atoms with Crippen LogP contribution in [0.15, 0.2) is 18.2 Å². The number of carbonyl (C=O) groups excluding carboxylic acids is 1. The van der Waals surface area contributed by atoms with E-state index in [1.54, 1.807) is 11.9 Å². The Labute approximate surface area is 120 Å². The summed E-state index contributed by atoms with van der Waals surface area (Å²) in [5.41, 5.74) is 2.38. The normalized spacial score (nSPS) is 10.3. The van der Waals surface area contributed by atoms with Crippen LogP contribution in [-0.4, -0.2) is 36.9 Å². The molecule has 0 aliphatic carbocycles. The van der Waals surface area contributed by atoms with Crippen molar-refractivity contribution in [3.8, 4) is 5.75 Å². The number of hydrogen-bond acceptors (Lipinski definition) is 2. The maximum atomic E-state index is 11.5. The van der Waals surface area contributed by atoms with Gasteiger partial charge in [-0.2, -0.15) is 0 Å². The molecule has 0 bridgehead atoms. The second-order valence-corrected chi connectivity index (χ2v) is 5.10. The summed E-state index contributed by atoms with van der Waals surface area (Å²) < 4.78 is 5.72. The van der Waals surface area contributed by atoms with Gasteiger partial charge in [-0.15, -0.1) is 11.6 Å². The molecule has 106 valence electrons. The van der Waals surface area contributed by atoms with Crippen LogP contribution in [0.4, 0.5) is 0 Å². The van der Waals surface area contributed by atoms with Gasteiger partial charge < -0.3 is 9.64 Å². The van der Waals surface area contributed by atoms with E-state index in [2.05, 4.69) is 13.0 Å². The molecular weight excluding hydrogens is 262 g/mol. The highest BCUT2D eigenvalue weighted by atomic mass is 35.5. The van der Waals surface area contributed by atoms with Crippen LogP contribution in [0.1, 0.15) is 24.0 Å². The van der Waals surface area contributed by atoms with Gasteiger partial charge in [-0.3, -0.25) is 4.79 Å². The largest absolute Gasteiger partial charge is 0.493 e. The number of carbonyl (C=O) groups is 1. The van der Waals surface area contributed by atoms with Gasteiger partial charge in [-0.05, 0) is 31.9 Å². The van der Waals surface area contributed by atoms with Crippen LogP contribution in [-0.2, 0) is 4.79 Å². The number of nitrogens with zero attached hydrogens (tertiary/aromatic N) is 1. The highest BCUT2D eigenvalue weighted by Gasteiger charge is 2.07. The molecule has 0 spiro atoms. The molecule has 0 saturated carbocycles. The molecule has 0 radical (unpaired) electrons. The van der Waals surface area contributed by atoms with Crippen LogP contribution in [0.25, 0.3) is 0 Å². The third-order valence-electron chi connectivity index (χ3n) is 2.96. The summed E-state index contributed by atoms with van der Waals surface area (Å²) in [4.78, 5) is 13.2. The molecule has 3 nitrogen and oxygen atoms in total. The first-order valence-corrected chi connectivity index (χ1v) is 7.08. The van der Waals surface area contributed by atoms with E-state index in [0.29, 0.717) is 25.5 Å². The van der Waals surface area contributed by atoms with Crippen LogP contribution in [0, 0.1) is 13.8 Å². The Bertz CT molecular complexity index is 421. The van der Waals surface area contributed by atoms with Crippen LogP contribution >= 0.6 is 11.6 Å². The average Bonchev–Trinajstić information content (AvgIpc) is 2.36. The van der Waals surface area contributed by atoms with Crippen molar-refractivity contribution in [1.82, 2.24) is 4.90 Å². The molecule has 0 aliphatic heterocycles. The first kappa shape index (κ1) is 15.8. The summed E-state index contributed by atoms with van der Waals surface area (Å²) in [5, 5.41) is 0. The van der Waals surface area contributed by atoms with E-state index in [-0.39, 0.29) is 5.91 Å². The molecule has 0 aromatic heterocycles. The van der Waals surface area contributed by atoms with E-state index in [0.717, 1.165) is 17.7 Å². The van der Waals surface area contributed by atoms with E-state index < -0.39 is 0 Å². The van der Waals surface area contributed by atoms with Gasteiger partial charge in [0.05, 0.1) is 6.61 Å². The molecule has 1 amide bonds. The molecule has 0 N–H and O–H groups in total. The van der Waals surface area contributed by atoms with Crippen molar-refractivity contribution in [3.05, 3.63) is 29.3 Å². The lowest BCUT2D eigenvalue weighted by Crippen LogP contribution is -2.28. The minimum atomic E-state index is 0.0847. The lowest BCUT2D eigenvalue weighted by Gasteiger charge is -2.17. The Balaban J connectivity index is 2.29. The Hall–Kier alpha value is -1.22. The summed E-state index contributed by atoms with van der Waals surface area (Å²) in [5.74, 6) is 1.38. The number of alkyl halides is 1. The van der Waals surface area contributed by atoms with Crippen LogP contribution in [0.5, 0.6) is 5.75 Å². The fourth-order valence-corrected chi connectivity index (χ4v) is 2.00. The van der Waals surface area contributed by atoms with Crippen molar-refractivity contribution in [3.63, 3.8) is 0 Å². The Morgan fingerprint density at radius 2 is 2.11 bits per heavy atom. The first-order valence-electron chi connectivity index (χ1n) is 6.54. The summed E-state index contributed by atoms with van der Waals surface area (Å²) in [6.45, 7) is 5.41. The Morgan fingerprint density at radius 1 is 1.37 bits per heavy atom. The summed E-state index contributed by atoms with van der Waals surface area (Å²) >= 11 is 5.54. The van der Waals surface area contributed by atoms with E-state index in [1.165, 1.54) is 5.56 Å². The molecule has 0 saturated heterocycles. The third-order valence-corrected chi connectivity index (χ3v) is 3.15. The molecule has 0 atom stereocenters. The first-order chi connectivity index (χ1) is 9.04. The zero-order chi connectivity index (χ0) is 14.3. The van der Waals surface area contributed by atoms with Crippen molar-refractivity contribution < 1.29 is 9.53 Å². The van der Waals surface area contributed by atoms with Crippen LogP contribution < -0.4 is 4.74 Å². The van der Waals surface area contributed by atoms with E-state index in [4.69, 9.17) is 16.3 Å². The van der Waals surface area contributed by atoms with Crippen molar-refractivity contribution >= 4 is 17.5 Å². The number of ether oxygens (including phenoxy) is 1. The number of benzene rings is 1. The van der Waals surface area contributed by atoms with Gasteiger partial charge in [0.15, 0.2) is 0 Å². The van der Waals surface area contributed by atoms with Gasteiger partial charge in [0.1, 0.15) is 5.75 Å². The monoisotopic (exact) mass is 283 g/mol. The van der Waals surface area contributed by atoms with Gasteiger partial charge in [-0.25, -0.2) is 0 Å². The Kier molecular flexibility index (Phi) is 6.71.